The van der Waals surface area contributed by atoms with Gasteiger partial charge in [0, 0.05) is 17.8 Å². The van der Waals surface area contributed by atoms with Gasteiger partial charge in [-0.15, -0.1) is 0 Å². The van der Waals surface area contributed by atoms with E-state index in [-0.39, 0.29) is 6.04 Å². The van der Waals surface area contributed by atoms with Crippen molar-refractivity contribution in [2.45, 2.75) is 19.9 Å². The highest BCUT2D eigenvalue weighted by Crippen LogP contribution is 2.12. The first-order chi connectivity index (χ1) is 8.78. The summed E-state index contributed by atoms with van der Waals surface area (Å²) in [5, 5.41) is 8.48. The predicted octanol–water partition coefficient (Wildman–Crippen LogP) is 1.44. The number of benzene rings is 1. The maximum Gasteiger partial charge on any atom is 0.328 e. The molecule has 0 aliphatic heterocycles. The number of carboxylic acid groups (broad SMARTS) is 1. The molecular weight excluding hydrogens is 268 g/mol. The van der Waals surface area contributed by atoms with Gasteiger partial charge in [-0.05, 0) is 37.6 Å². The van der Waals surface area contributed by atoms with Gasteiger partial charge < -0.3 is 5.11 Å². The molecule has 0 fully saturated rings. The van der Waals surface area contributed by atoms with Crippen LogP contribution in [0.1, 0.15) is 19.4 Å². The van der Waals surface area contributed by atoms with E-state index >= 15 is 0 Å². The Labute approximate surface area is 112 Å². The highest BCUT2D eigenvalue weighted by Gasteiger charge is 2.10. The minimum Gasteiger partial charge on any atom is -0.478 e. The van der Waals surface area contributed by atoms with E-state index in [2.05, 4.69) is 9.44 Å². The smallest absolute Gasteiger partial charge is 0.328 e. The Kier molecular flexibility index (Phi) is 5.08. The van der Waals surface area contributed by atoms with E-state index in [0.29, 0.717) is 11.3 Å². The summed E-state index contributed by atoms with van der Waals surface area (Å²) in [5.41, 5.74) is 1.07. The normalized spacial score (nSPS) is 11.9. The zero-order valence-corrected chi connectivity index (χ0v) is 11.4. The van der Waals surface area contributed by atoms with Crippen molar-refractivity contribution in [3.8, 4) is 0 Å². The van der Waals surface area contributed by atoms with Crippen molar-refractivity contribution in [2.75, 3.05) is 4.72 Å². The number of rotatable bonds is 6. The van der Waals surface area contributed by atoms with Crippen LogP contribution in [0.5, 0.6) is 0 Å². The molecule has 1 rings (SSSR count). The van der Waals surface area contributed by atoms with Crippen molar-refractivity contribution in [2.24, 2.45) is 0 Å². The summed E-state index contributed by atoms with van der Waals surface area (Å²) in [6.07, 6.45) is 2.44. The Hall–Kier alpha value is -1.86. The van der Waals surface area contributed by atoms with Crippen LogP contribution >= 0.6 is 0 Å². The lowest BCUT2D eigenvalue weighted by Crippen LogP contribution is -2.35. The molecule has 0 unspecified atom stereocenters. The van der Waals surface area contributed by atoms with Gasteiger partial charge >= 0.3 is 5.97 Å². The third-order valence-electron chi connectivity index (χ3n) is 1.97. The average molecular weight is 284 g/mol. The van der Waals surface area contributed by atoms with Gasteiger partial charge in [0.1, 0.15) is 0 Å². The molecule has 3 N–H and O–H groups in total. The van der Waals surface area contributed by atoms with Crippen molar-refractivity contribution in [1.29, 1.82) is 0 Å². The van der Waals surface area contributed by atoms with Gasteiger partial charge in [-0.1, -0.05) is 12.1 Å². The lowest BCUT2D eigenvalue weighted by atomic mass is 10.2. The Morgan fingerprint density at radius 2 is 1.84 bits per heavy atom. The molecule has 0 saturated heterocycles. The van der Waals surface area contributed by atoms with Crippen LogP contribution in [0.2, 0.25) is 0 Å². The molecule has 104 valence electrons. The largest absolute Gasteiger partial charge is 0.478 e. The first-order valence-electron chi connectivity index (χ1n) is 5.59. The van der Waals surface area contributed by atoms with Crippen molar-refractivity contribution in [3.05, 3.63) is 35.9 Å². The van der Waals surface area contributed by atoms with Crippen molar-refractivity contribution >= 4 is 27.9 Å². The SMILES string of the molecule is CC(C)NS(=O)(=O)Nc1ccc(/C=C/C(=O)O)cc1. The molecule has 7 heteroatoms. The summed E-state index contributed by atoms with van der Waals surface area (Å²) in [6.45, 7) is 3.44. The Morgan fingerprint density at radius 3 is 2.32 bits per heavy atom. The van der Waals surface area contributed by atoms with Gasteiger partial charge in [0.25, 0.3) is 10.2 Å². The van der Waals surface area contributed by atoms with Gasteiger partial charge in [0.15, 0.2) is 0 Å². The van der Waals surface area contributed by atoms with Crippen LogP contribution in [0.4, 0.5) is 5.69 Å². The molecular formula is C12H16N2O4S. The van der Waals surface area contributed by atoms with Crippen molar-refractivity contribution in [3.63, 3.8) is 0 Å². The highest BCUT2D eigenvalue weighted by atomic mass is 32.2. The summed E-state index contributed by atoms with van der Waals surface area (Å²) in [5.74, 6) is -1.04. The first kappa shape index (κ1) is 15.2. The summed E-state index contributed by atoms with van der Waals surface area (Å²) >= 11 is 0. The molecule has 0 radical (unpaired) electrons. The molecule has 0 spiro atoms. The summed E-state index contributed by atoms with van der Waals surface area (Å²) in [7, 11) is -3.58. The van der Waals surface area contributed by atoms with Crippen LogP contribution in [0.15, 0.2) is 30.3 Å². The number of hydrogen-bond acceptors (Lipinski definition) is 3. The van der Waals surface area contributed by atoms with Gasteiger partial charge in [-0.25, -0.2) is 4.79 Å². The highest BCUT2D eigenvalue weighted by molar-refractivity contribution is 7.90. The average Bonchev–Trinajstić information content (AvgIpc) is 2.25. The van der Waals surface area contributed by atoms with Crippen molar-refractivity contribution < 1.29 is 18.3 Å². The zero-order chi connectivity index (χ0) is 14.5. The molecule has 0 saturated carbocycles. The predicted molar refractivity (Wildman–Crippen MR) is 73.9 cm³/mol. The van der Waals surface area contributed by atoms with E-state index in [1.165, 1.54) is 6.08 Å². The van der Waals surface area contributed by atoms with Crippen LogP contribution in [0.25, 0.3) is 6.08 Å². The second kappa shape index (κ2) is 6.35. The number of carboxylic acids is 1. The van der Waals surface area contributed by atoms with Crippen molar-refractivity contribution in [1.82, 2.24) is 4.72 Å². The summed E-state index contributed by atoms with van der Waals surface area (Å²) < 4.78 is 27.9. The number of carbonyl (C=O) groups is 1. The number of hydrogen-bond donors (Lipinski definition) is 3. The van der Waals surface area contributed by atoms with Crippen LogP contribution in [0, 0.1) is 0 Å². The van der Waals surface area contributed by atoms with Crippen LogP contribution in [0.3, 0.4) is 0 Å². The number of anilines is 1. The van der Waals surface area contributed by atoms with Gasteiger partial charge in [0.05, 0.1) is 0 Å². The Bertz CT molecular complexity index is 562. The maximum atomic E-state index is 11.6. The molecule has 0 aromatic heterocycles. The van der Waals surface area contributed by atoms with Crippen LogP contribution in [-0.2, 0) is 15.0 Å². The summed E-state index contributed by atoms with van der Waals surface area (Å²) in [6, 6.07) is 6.15. The standard InChI is InChI=1S/C12H16N2O4S/c1-9(2)13-19(17,18)14-11-6-3-10(4-7-11)5-8-12(15)16/h3-9,13-14H,1-2H3,(H,15,16)/b8-5+. The van der Waals surface area contributed by atoms with E-state index < -0.39 is 16.2 Å². The molecule has 0 atom stereocenters. The molecule has 0 heterocycles. The second-order valence-corrected chi connectivity index (χ2v) is 5.62. The van der Waals surface area contributed by atoms with E-state index in [9.17, 15) is 13.2 Å². The molecule has 0 aliphatic rings. The van der Waals surface area contributed by atoms with E-state index in [0.717, 1.165) is 6.08 Å². The molecule has 6 nitrogen and oxygen atoms in total. The molecule has 1 aromatic carbocycles. The molecule has 0 amide bonds. The fourth-order valence-corrected chi connectivity index (χ4v) is 2.45. The number of nitrogens with one attached hydrogen (secondary N) is 2. The monoisotopic (exact) mass is 284 g/mol. The van der Waals surface area contributed by atoms with E-state index in [4.69, 9.17) is 5.11 Å². The molecule has 19 heavy (non-hydrogen) atoms. The fourth-order valence-electron chi connectivity index (χ4n) is 1.32. The van der Waals surface area contributed by atoms with Gasteiger partial charge in [0.2, 0.25) is 0 Å². The molecule has 0 bridgehead atoms. The van der Waals surface area contributed by atoms with Crippen LogP contribution in [-0.4, -0.2) is 25.5 Å². The van der Waals surface area contributed by atoms with E-state index in [1.54, 1.807) is 38.1 Å². The fraction of sp³-hybridized carbons (Fsp3) is 0.250. The zero-order valence-electron chi connectivity index (χ0n) is 10.6. The quantitative estimate of drug-likeness (QED) is 0.689. The summed E-state index contributed by atoms with van der Waals surface area (Å²) in [4.78, 5) is 10.3. The molecule has 1 aromatic rings. The Morgan fingerprint density at radius 1 is 1.26 bits per heavy atom. The minimum absolute atomic E-state index is 0.199. The van der Waals surface area contributed by atoms with E-state index in [1.807, 2.05) is 0 Å². The first-order valence-corrected chi connectivity index (χ1v) is 7.08. The Balaban J connectivity index is 2.75. The van der Waals surface area contributed by atoms with Gasteiger partial charge in [-0.2, -0.15) is 13.1 Å². The number of aliphatic carboxylic acids is 1. The minimum atomic E-state index is -3.58. The molecule has 0 aliphatic carbocycles. The lowest BCUT2D eigenvalue weighted by Gasteiger charge is -2.11. The third-order valence-corrected chi connectivity index (χ3v) is 3.26. The lowest BCUT2D eigenvalue weighted by molar-refractivity contribution is -0.131. The third kappa shape index (κ3) is 6.03. The van der Waals surface area contributed by atoms with Gasteiger partial charge in [-0.3, -0.25) is 4.72 Å². The topological polar surface area (TPSA) is 95.5 Å². The maximum absolute atomic E-state index is 11.6. The van der Waals surface area contributed by atoms with Crippen LogP contribution < -0.4 is 9.44 Å². The second-order valence-electron chi connectivity index (χ2n) is 4.17.